The van der Waals surface area contributed by atoms with Crippen LogP contribution in [0, 0.1) is 5.92 Å². The van der Waals surface area contributed by atoms with Gasteiger partial charge in [-0.05, 0) is 12.0 Å². The van der Waals surface area contributed by atoms with Gasteiger partial charge in [-0.15, -0.1) is 0 Å². The van der Waals surface area contributed by atoms with Gasteiger partial charge in [0.25, 0.3) is 10.0 Å². The molecule has 0 unspecified atom stereocenters. The van der Waals surface area contributed by atoms with E-state index >= 15 is 0 Å². The van der Waals surface area contributed by atoms with Crippen LogP contribution in [0.4, 0.5) is 0 Å². The average molecular weight is 194 g/mol. The molecular formula is C5H18O2Si3. The second kappa shape index (κ2) is 7.68. The predicted octanol–water partition coefficient (Wildman–Crippen LogP) is -1.15. The summed E-state index contributed by atoms with van der Waals surface area (Å²) in [5, 5.41) is 0. The zero-order valence-corrected chi connectivity index (χ0v) is 12.1. The Morgan fingerprint density at radius 3 is 2.70 bits per heavy atom. The molecule has 10 heavy (non-hydrogen) atoms. The van der Waals surface area contributed by atoms with Crippen molar-refractivity contribution in [3.05, 3.63) is 0 Å². The van der Waals surface area contributed by atoms with Crippen molar-refractivity contribution in [1.82, 2.24) is 0 Å². The molecule has 0 rings (SSSR count). The molecule has 62 valence electrons. The predicted molar refractivity (Wildman–Crippen MR) is 53.5 cm³/mol. The molecule has 0 N–H and O–H groups in total. The Morgan fingerprint density at radius 2 is 2.20 bits per heavy atom. The third-order valence-corrected chi connectivity index (χ3v) is 4.73. The molecule has 0 bridgehead atoms. The lowest BCUT2D eigenvalue weighted by Gasteiger charge is -2.03. The van der Waals surface area contributed by atoms with Gasteiger partial charge in [0.15, 0.2) is 0 Å². The molecule has 5 heteroatoms. The first kappa shape index (κ1) is 10.6. The Labute approximate surface area is 71.2 Å². The second-order valence-electron chi connectivity index (χ2n) is 2.85. The van der Waals surface area contributed by atoms with E-state index in [0.717, 1.165) is 16.4 Å². The van der Waals surface area contributed by atoms with Crippen molar-refractivity contribution < 1.29 is 8.23 Å². The SMILES string of the molecule is CC(C)CC[SiH2]O[SiH2]O[SiH3]. The Kier molecular flexibility index (Phi) is 8.11. The maximum Gasteiger partial charge on any atom is 0.282 e. The highest BCUT2D eigenvalue weighted by Crippen LogP contribution is 2.02. The van der Waals surface area contributed by atoms with Crippen molar-refractivity contribution in [1.29, 1.82) is 0 Å². The van der Waals surface area contributed by atoms with E-state index in [4.69, 9.17) is 8.23 Å². The molecule has 0 fully saturated rings. The van der Waals surface area contributed by atoms with Gasteiger partial charge in [0, 0.05) is 0 Å². The number of hydrogen-bond acceptors (Lipinski definition) is 2. The smallest absolute Gasteiger partial charge is 0.282 e. The highest BCUT2D eigenvalue weighted by molar-refractivity contribution is 6.41. The lowest BCUT2D eigenvalue weighted by Crippen LogP contribution is -2.06. The molecule has 0 heterocycles. The summed E-state index contributed by atoms with van der Waals surface area (Å²) in [6.45, 7) is 4.52. The number of hydrogen-bond donors (Lipinski definition) is 0. The summed E-state index contributed by atoms with van der Waals surface area (Å²) in [6.07, 6.45) is 1.34. The fourth-order valence-electron chi connectivity index (χ4n) is 0.736. The molecule has 0 spiro atoms. The molecular weight excluding hydrogens is 176 g/mol. The Balaban J connectivity index is 2.77. The summed E-state index contributed by atoms with van der Waals surface area (Å²) in [5.74, 6) is 0.842. The maximum absolute atomic E-state index is 5.42. The topological polar surface area (TPSA) is 18.5 Å². The van der Waals surface area contributed by atoms with E-state index < -0.39 is 10.0 Å². The summed E-state index contributed by atoms with van der Waals surface area (Å²) in [7, 11) is 0.180. The first-order chi connectivity index (χ1) is 4.77. The molecule has 0 aromatic heterocycles. The quantitative estimate of drug-likeness (QED) is 0.393. The molecule has 0 aliphatic carbocycles. The summed E-state index contributed by atoms with van der Waals surface area (Å²) in [4.78, 5) is 0. The van der Waals surface area contributed by atoms with Crippen LogP contribution in [0.5, 0.6) is 0 Å². The van der Waals surface area contributed by atoms with Gasteiger partial charge in [0.1, 0.15) is 20.2 Å². The van der Waals surface area contributed by atoms with Gasteiger partial charge in [-0.25, -0.2) is 0 Å². The van der Waals surface area contributed by atoms with Crippen LogP contribution in [0.2, 0.25) is 6.04 Å². The van der Waals surface area contributed by atoms with Gasteiger partial charge in [-0.1, -0.05) is 20.3 Å². The van der Waals surface area contributed by atoms with Crippen LogP contribution in [-0.2, 0) is 8.23 Å². The molecule has 0 saturated heterocycles. The van der Waals surface area contributed by atoms with Gasteiger partial charge in [0.05, 0.1) is 0 Å². The molecule has 0 aromatic rings. The van der Waals surface area contributed by atoms with Crippen molar-refractivity contribution in [3.8, 4) is 0 Å². The van der Waals surface area contributed by atoms with Crippen LogP contribution < -0.4 is 0 Å². The summed E-state index contributed by atoms with van der Waals surface area (Å²) in [5.41, 5.74) is 0. The van der Waals surface area contributed by atoms with Crippen molar-refractivity contribution in [2.45, 2.75) is 26.3 Å². The standard InChI is InChI=1S/C5H18O2Si3/c1-5(2)3-4-9-7-10-6-8/h5H,3-4,9-10H2,1-2,8H3. The number of rotatable bonds is 6. The van der Waals surface area contributed by atoms with Crippen molar-refractivity contribution >= 4 is 30.3 Å². The van der Waals surface area contributed by atoms with Gasteiger partial charge in [0.2, 0.25) is 0 Å². The Bertz CT molecular complexity index is 69.9. The fourth-order valence-corrected chi connectivity index (χ4v) is 5.17. The largest absolute Gasteiger partial charge is 0.449 e. The molecule has 0 amide bonds. The highest BCUT2D eigenvalue weighted by Gasteiger charge is 1.93. The van der Waals surface area contributed by atoms with E-state index in [2.05, 4.69) is 13.8 Å². The van der Waals surface area contributed by atoms with E-state index in [-0.39, 0.29) is 9.76 Å². The van der Waals surface area contributed by atoms with Crippen molar-refractivity contribution in [3.63, 3.8) is 0 Å². The fraction of sp³-hybridized carbons (Fsp3) is 1.00. The van der Waals surface area contributed by atoms with E-state index in [0.29, 0.717) is 0 Å². The van der Waals surface area contributed by atoms with Crippen LogP contribution in [0.1, 0.15) is 20.3 Å². The van der Waals surface area contributed by atoms with Gasteiger partial charge < -0.3 is 8.23 Å². The van der Waals surface area contributed by atoms with Crippen LogP contribution >= 0.6 is 0 Å². The van der Waals surface area contributed by atoms with Crippen molar-refractivity contribution in [2.75, 3.05) is 0 Å². The lowest BCUT2D eigenvalue weighted by atomic mass is 10.2. The van der Waals surface area contributed by atoms with Gasteiger partial charge in [-0.2, -0.15) is 0 Å². The van der Waals surface area contributed by atoms with Crippen LogP contribution in [0.25, 0.3) is 0 Å². The summed E-state index contributed by atoms with van der Waals surface area (Å²) < 4.78 is 10.5. The molecule has 0 saturated carbocycles. The summed E-state index contributed by atoms with van der Waals surface area (Å²) in [6, 6.07) is 1.33. The van der Waals surface area contributed by atoms with Gasteiger partial charge in [-0.3, -0.25) is 0 Å². The van der Waals surface area contributed by atoms with E-state index in [1.165, 1.54) is 12.5 Å². The summed E-state index contributed by atoms with van der Waals surface area (Å²) >= 11 is 0. The van der Waals surface area contributed by atoms with E-state index in [9.17, 15) is 0 Å². The first-order valence-electron chi connectivity index (χ1n) is 3.84. The molecule has 0 aromatic carbocycles. The van der Waals surface area contributed by atoms with Crippen LogP contribution in [0.3, 0.4) is 0 Å². The minimum Gasteiger partial charge on any atom is -0.449 e. The molecule has 0 radical (unpaired) electrons. The highest BCUT2D eigenvalue weighted by atomic mass is 28.3. The molecule has 0 aliphatic rings. The zero-order chi connectivity index (χ0) is 7.82. The normalized spacial score (nSPS) is 13.5. The Hall–Kier alpha value is 0.571. The third-order valence-electron chi connectivity index (χ3n) is 1.27. The first-order valence-corrected chi connectivity index (χ1v) is 7.39. The minimum absolute atomic E-state index is 0.184. The molecule has 0 aliphatic heterocycles. The van der Waals surface area contributed by atoms with E-state index in [1.807, 2.05) is 0 Å². The minimum atomic E-state index is -0.500. The average Bonchev–Trinajstić information content (AvgIpc) is 1.87. The molecule has 0 atom stereocenters. The second-order valence-corrected chi connectivity index (χ2v) is 8.14. The van der Waals surface area contributed by atoms with Gasteiger partial charge >= 0.3 is 0 Å². The van der Waals surface area contributed by atoms with Crippen LogP contribution in [-0.4, -0.2) is 30.3 Å². The Morgan fingerprint density at radius 1 is 1.50 bits per heavy atom. The maximum atomic E-state index is 5.42. The molecule has 2 nitrogen and oxygen atoms in total. The zero-order valence-electron chi connectivity index (χ0n) is 7.22. The van der Waals surface area contributed by atoms with Crippen LogP contribution in [0.15, 0.2) is 0 Å². The third kappa shape index (κ3) is 8.57. The van der Waals surface area contributed by atoms with Crippen molar-refractivity contribution in [2.24, 2.45) is 5.92 Å². The van der Waals surface area contributed by atoms with E-state index in [1.54, 1.807) is 0 Å². The monoisotopic (exact) mass is 194 g/mol. The lowest BCUT2D eigenvalue weighted by molar-refractivity contribution is 0.495.